The van der Waals surface area contributed by atoms with Crippen molar-refractivity contribution in [1.29, 1.82) is 0 Å². The highest BCUT2D eigenvalue weighted by Gasteiger charge is 2.53. The number of furan rings is 1. The Balaban J connectivity index is 1.27. The van der Waals surface area contributed by atoms with Crippen molar-refractivity contribution in [3.63, 3.8) is 0 Å². The van der Waals surface area contributed by atoms with E-state index in [0.29, 0.717) is 68.4 Å². The van der Waals surface area contributed by atoms with Gasteiger partial charge in [0.05, 0.1) is 25.3 Å². The summed E-state index contributed by atoms with van der Waals surface area (Å²) in [6.45, 7) is 8.04. The van der Waals surface area contributed by atoms with Gasteiger partial charge in [-0.25, -0.2) is 14.0 Å². The minimum absolute atomic E-state index is 0.0474. The number of nitrogens with zero attached hydrogens (tertiary/aromatic N) is 2. The van der Waals surface area contributed by atoms with Gasteiger partial charge in [0, 0.05) is 36.5 Å². The summed E-state index contributed by atoms with van der Waals surface area (Å²) < 4.78 is 37.1. The number of carbonyl (C=O) groups is 4. The number of benzene rings is 1. The number of para-hydroxylation sites is 1. The molecule has 2 unspecified atom stereocenters. The number of nitrogens with two attached hydrogens (primary N) is 1. The van der Waals surface area contributed by atoms with Crippen molar-refractivity contribution in [2.45, 2.75) is 109 Å². The highest BCUT2D eigenvalue weighted by Crippen LogP contribution is 2.51. The molecule has 3 heterocycles. The minimum atomic E-state index is -0.848. The molecule has 6 rings (SSSR count). The van der Waals surface area contributed by atoms with E-state index < -0.39 is 54.3 Å². The summed E-state index contributed by atoms with van der Waals surface area (Å²) in [5, 5.41) is 3.39. The number of nitrogens with one attached hydrogen (secondary N) is 1. The Morgan fingerprint density at radius 3 is 2.36 bits per heavy atom. The molecule has 13 heteroatoms. The van der Waals surface area contributed by atoms with E-state index in [9.17, 15) is 23.6 Å². The number of alkyl carbamates (subject to hydrolysis) is 1. The molecule has 3 amide bonds. The fourth-order valence-electron chi connectivity index (χ4n) is 9.23. The molecule has 4 atom stereocenters. The van der Waals surface area contributed by atoms with E-state index >= 15 is 0 Å². The number of halogens is 1. The number of hydrogen-bond donors (Lipinski definition) is 2. The second-order valence-corrected chi connectivity index (χ2v) is 16.4. The van der Waals surface area contributed by atoms with Gasteiger partial charge in [-0.15, -0.1) is 0 Å². The summed E-state index contributed by atoms with van der Waals surface area (Å²) in [6, 6.07) is 5.16. The molecule has 0 spiro atoms. The van der Waals surface area contributed by atoms with E-state index in [4.69, 9.17) is 24.4 Å². The molecule has 2 aliphatic carbocycles. The fraction of sp³-hybridized carbons (Fsp3) is 0.700. The lowest BCUT2D eigenvalue weighted by molar-refractivity contribution is -0.145. The van der Waals surface area contributed by atoms with E-state index in [-0.39, 0.29) is 36.0 Å². The van der Waals surface area contributed by atoms with Crippen molar-refractivity contribution in [2.24, 2.45) is 29.4 Å². The third-order valence-corrected chi connectivity index (χ3v) is 11.8. The zero-order valence-electron chi connectivity index (χ0n) is 31.5. The summed E-state index contributed by atoms with van der Waals surface area (Å²) >= 11 is 0. The lowest BCUT2D eigenvalue weighted by Crippen LogP contribution is -2.51. The van der Waals surface area contributed by atoms with Crippen molar-refractivity contribution < 1.29 is 42.2 Å². The summed E-state index contributed by atoms with van der Waals surface area (Å²) in [5.74, 6) is -1.88. The van der Waals surface area contributed by atoms with E-state index in [1.54, 1.807) is 31.7 Å². The molecule has 1 aromatic carbocycles. The van der Waals surface area contributed by atoms with Gasteiger partial charge >= 0.3 is 12.1 Å². The molecule has 2 aliphatic heterocycles. The van der Waals surface area contributed by atoms with Gasteiger partial charge in [0.25, 0.3) is 0 Å². The maximum atomic E-state index is 14.9. The van der Waals surface area contributed by atoms with Crippen LogP contribution in [0, 0.1) is 23.7 Å². The Bertz CT molecular complexity index is 1590. The number of carbonyl (C=O) groups excluding carboxylic acids is 4. The van der Waals surface area contributed by atoms with E-state index in [2.05, 4.69) is 10.2 Å². The average molecular weight is 741 g/mol. The first-order valence-corrected chi connectivity index (χ1v) is 19.6. The molecule has 2 aromatic rings. The van der Waals surface area contributed by atoms with Gasteiger partial charge in [0.15, 0.2) is 0 Å². The van der Waals surface area contributed by atoms with E-state index in [0.717, 1.165) is 45.2 Å². The molecule has 3 N–H and O–H groups in total. The third-order valence-electron chi connectivity index (χ3n) is 11.8. The van der Waals surface area contributed by atoms with Crippen LogP contribution in [0.5, 0.6) is 0 Å². The quantitative estimate of drug-likeness (QED) is 0.268. The lowest BCUT2D eigenvalue weighted by atomic mass is 9.75. The van der Waals surface area contributed by atoms with Crippen molar-refractivity contribution >= 4 is 34.8 Å². The largest absolute Gasteiger partial charge is 0.458 e. The Kier molecular flexibility index (Phi) is 12.6. The maximum absolute atomic E-state index is 14.9. The number of rotatable bonds is 11. The highest BCUT2D eigenvalue weighted by molar-refractivity contribution is 5.98. The number of likely N-dealkylation sites (tertiary alicyclic amines) is 1. The zero-order valence-corrected chi connectivity index (χ0v) is 31.5. The third kappa shape index (κ3) is 9.16. The normalized spacial score (nSPS) is 26.6. The van der Waals surface area contributed by atoms with Gasteiger partial charge in [-0.1, -0.05) is 50.3 Å². The lowest BCUT2D eigenvalue weighted by Gasteiger charge is -2.38. The molecule has 0 radical (unpaired) electrons. The van der Waals surface area contributed by atoms with Crippen LogP contribution < -0.4 is 11.1 Å². The predicted molar refractivity (Wildman–Crippen MR) is 196 cm³/mol. The molecule has 1 aromatic heterocycles. The average Bonchev–Trinajstić information content (AvgIpc) is 3.73. The minimum Gasteiger partial charge on any atom is -0.458 e. The summed E-state index contributed by atoms with van der Waals surface area (Å²) in [5.41, 5.74) is 6.58. The van der Waals surface area contributed by atoms with Gasteiger partial charge in [-0.2, -0.15) is 0 Å². The topological polar surface area (TPSA) is 154 Å². The van der Waals surface area contributed by atoms with Gasteiger partial charge in [0.1, 0.15) is 30.5 Å². The Hall–Kier alpha value is -3.71. The van der Waals surface area contributed by atoms with Crippen LogP contribution in [0.2, 0.25) is 0 Å². The van der Waals surface area contributed by atoms with Gasteiger partial charge < -0.3 is 34.6 Å². The van der Waals surface area contributed by atoms with Crippen LogP contribution in [0.25, 0.3) is 11.0 Å². The monoisotopic (exact) mass is 740 g/mol. The first kappa shape index (κ1) is 39.0. The number of amides is 3. The van der Waals surface area contributed by atoms with Crippen LogP contribution in [0.1, 0.15) is 107 Å². The summed E-state index contributed by atoms with van der Waals surface area (Å²) in [4.78, 5) is 58.6. The summed E-state index contributed by atoms with van der Waals surface area (Å²) in [6.07, 6.45) is 6.90. The number of primary amides is 1. The predicted octanol–water partition coefficient (Wildman–Crippen LogP) is 5.91. The molecule has 2 saturated heterocycles. The van der Waals surface area contributed by atoms with Gasteiger partial charge in [-0.3, -0.25) is 14.5 Å². The Labute approximate surface area is 311 Å². The van der Waals surface area contributed by atoms with Crippen molar-refractivity contribution in [3.8, 4) is 0 Å². The first-order chi connectivity index (χ1) is 25.4. The second-order valence-electron chi connectivity index (χ2n) is 16.4. The first-order valence-electron chi connectivity index (χ1n) is 19.6. The molecular weight excluding hydrogens is 683 g/mol. The molecule has 4 fully saturated rings. The van der Waals surface area contributed by atoms with Crippen LogP contribution in [0.4, 0.5) is 9.18 Å². The van der Waals surface area contributed by atoms with Crippen LogP contribution in [-0.4, -0.2) is 97.5 Å². The number of alkyl halides is 1. The number of esters is 1. The SMILES string of the molecule is CC(C)(C)OC(=O)NC(CF)C1CCC(C(=O)N2C(c3c(C(=O)OCCN4CCOCC4)oc4ccccc34)C[C@@H](C3CCCCC3)[C@H]2C(N)=O)CC1. The number of fused-ring (bicyclic) bond motifs is 1. The summed E-state index contributed by atoms with van der Waals surface area (Å²) in [7, 11) is 0. The maximum Gasteiger partial charge on any atom is 0.407 e. The zero-order chi connectivity index (χ0) is 37.7. The fourth-order valence-corrected chi connectivity index (χ4v) is 9.23. The van der Waals surface area contributed by atoms with Crippen LogP contribution in [0.3, 0.4) is 0 Å². The Morgan fingerprint density at radius 1 is 1.00 bits per heavy atom. The molecule has 2 saturated carbocycles. The smallest absolute Gasteiger partial charge is 0.407 e. The highest BCUT2D eigenvalue weighted by atomic mass is 19.1. The molecule has 292 valence electrons. The second kappa shape index (κ2) is 17.2. The molecule has 0 bridgehead atoms. The number of hydrogen-bond acceptors (Lipinski definition) is 9. The Morgan fingerprint density at radius 2 is 1.70 bits per heavy atom. The number of morpholine rings is 1. The van der Waals surface area contributed by atoms with Gasteiger partial charge in [-0.05, 0) is 76.7 Å². The van der Waals surface area contributed by atoms with Crippen molar-refractivity contribution in [1.82, 2.24) is 15.1 Å². The molecule has 12 nitrogen and oxygen atoms in total. The van der Waals surface area contributed by atoms with Crippen molar-refractivity contribution in [2.75, 3.05) is 46.1 Å². The molecule has 4 aliphatic rings. The number of ether oxygens (including phenoxy) is 3. The van der Waals surface area contributed by atoms with Gasteiger partial charge in [0.2, 0.25) is 17.6 Å². The van der Waals surface area contributed by atoms with E-state index in [1.807, 2.05) is 18.2 Å². The van der Waals surface area contributed by atoms with E-state index in [1.165, 1.54) is 0 Å². The molecule has 53 heavy (non-hydrogen) atoms. The van der Waals surface area contributed by atoms with Crippen LogP contribution >= 0.6 is 0 Å². The standard InChI is InChI=1S/C40H57FN4O8/c1-40(2,3)53-39(49)43-30(24-41)26-13-15-27(16-14-26)37(47)45-31(23-29(34(45)36(42)46)25-9-5-4-6-10-25)33-28-11-7-8-12-32(28)52-35(33)38(48)51-22-19-44-17-20-50-21-18-44/h7-8,11-12,25-27,29-31,34H,4-6,9-10,13-24H2,1-3H3,(H2,42,46)(H,43,49)/t26?,27?,29-,30?,31?,34-/m0/s1. The van der Waals surface area contributed by atoms with Crippen molar-refractivity contribution in [3.05, 3.63) is 35.6 Å². The van der Waals surface area contributed by atoms with Crippen LogP contribution in [-0.2, 0) is 23.8 Å². The molecular formula is C40H57FN4O8. The van der Waals surface area contributed by atoms with Crippen LogP contribution in [0.15, 0.2) is 28.7 Å².